The van der Waals surface area contributed by atoms with Crippen LogP contribution in [0.5, 0.6) is 5.75 Å². The Bertz CT molecular complexity index is 619. The summed E-state index contributed by atoms with van der Waals surface area (Å²) in [5.41, 5.74) is 2.38. The van der Waals surface area contributed by atoms with E-state index < -0.39 is 0 Å². The van der Waals surface area contributed by atoms with Crippen LogP contribution in [0, 0.1) is 5.92 Å². The van der Waals surface area contributed by atoms with Crippen molar-refractivity contribution in [3.05, 3.63) is 23.8 Å². The molecule has 1 amide bonds. The number of rotatable bonds is 6. The molecule has 4 heteroatoms. The monoisotopic (exact) mass is 356 g/mol. The predicted octanol–water partition coefficient (Wildman–Crippen LogP) is 4.02. The molecule has 0 bridgehead atoms. The first-order chi connectivity index (χ1) is 12.8. The van der Waals surface area contributed by atoms with Crippen LogP contribution in [-0.4, -0.2) is 43.6 Å². The summed E-state index contributed by atoms with van der Waals surface area (Å²) in [6, 6.07) is 6.29. The molecule has 1 aromatic carbocycles. The van der Waals surface area contributed by atoms with E-state index in [0.29, 0.717) is 5.91 Å². The molecule has 2 heterocycles. The highest BCUT2D eigenvalue weighted by Gasteiger charge is 2.31. The Kier molecular flexibility index (Phi) is 5.78. The molecule has 4 rings (SSSR count). The number of hydrogen-bond donors (Lipinski definition) is 0. The topological polar surface area (TPSA) is 32.8 Å². The SMILES string of the molecule is O=C(C1CCCC1)N1CCc2cc(OCCCN3CCCCC3)ccc21. The highest BCUT2D eigenvalue weighted by atomic mass is 16.5. The van der Waals surface area contributed by atoms with Gasteiger partial charge in [-0.2, -0.15) is 0 Å². The van der Waals surface area contributed by atoms with Gasteiger partial charge in [0, 0.05) is 24.7 Å². The lowest BCUT2D eigenvalue weighted by Crippen LogP contribution is -2.33. The molecule has 1 aromatic rings. The molecule has 0 atom stereocenters. The molecule has 0 unspecified atom stereocenters. The van der Waals surface area contributed by atoms with Gasteiger partial charge in [-0.25, -0.2) is 0 Å². The molecule has 0 radical (unpaired) electrons. The van der Waals surface area contributed by atoms with E-state index in [1.165, 1.54) is 50.8 Å². The zero-order chi connectivity index (χ0) is 17.8. The minimum Gasteiger partial charge on any atom is -0.494 e. The minimum absolute atomic E-state index is 0.256. The number of likely N-dealkylation sites (tertiary alicyclic amines) is 1. The molecule has 2 fully saturated rings. The average Bonchev–Trinajstić information content (AvgIpc) is 3.35. The maximum absolute atomic E-state index is 12.7. The Hall–Kier alpha value is -1.55. The van der Waals surface area contributed by atoms with Gasteiger partial charge in [-0.1, -0.05) is 19.3 Å². The second-order valence-corrected chi connectivity index (χ2v) is 8.12. The lowest BCUT2D eigenvalue weighted by Gasteiger charge is -2.26. The molecule has 3 aliphatic rings. The van der Waals surface area contributed by atoms with Gasteiger partial charge in [0.05, 0.1) is 6.61 Å². The number of fused-ring (bicyclic) bond motifs is 1. The fraction of sp³-hybridized carbons (Fsp3) is 0.682. The normalized spacial score (nSPS) is 21.2. The standard InChI is InChI=1S/C22H32N2O2/c25-22(18-7-2-3-8-18)24-15-11-19-17-20(9-10-21(19)24)26-16-6-14-23-12-4-1-5-13-23/h9-10,17-18H,1-8,11-16H2. The number of carbonyl (C=O) groups is 1. The smallest absolute Gasteiger partial charge is 0.230 e. The lowest BCUT2D eigenvalue weighted by atomic mass is 10.1. The van der Waals surface area contributed by atoms with Gasteiger partial charge in [-0.15, -0.1) is 0 Å². The number of nitrogens with zero attached hydrogens (tertiary/aromatic N) is 2. The van der Waals surface area contributed by atoms with E-state index in [4.69, 9.17) is 4.74 Å². The van der Waals surface area contributed by atoms with Crippen LogP contribution >= 0.6 is 0 Å². The van der Waals surface area contributed by atoms with Crippen LogP contribution in [0.3, 0.4) is 0 Å². The van der Waals surface area contributed by atoms with Gasteiger partial charge in [0.15, 0.2) is 0 Å². The van der Waals surface area contributed by atoms with Crippen molar-refractivity contribution in [2.45, 2.75) is 57.8 Å². The number of benzene rings is 1. The summed E-state index contributed by atoms with van der Waals surface area (Å²) in [4.78, 5) is 17.3. The van der Waals surface area contributed by atoms with Crippen molar-refractivity contribution in [2.75, 3.05) is 37.7 Å². The minimum atomic E-state index is 0.256. The lowest BCUT2D eigenvalue weighted by molar-refractivity contribution is -0.122. The number of ether oxygens (including phenoxy) is 1. The second-order valence-electron chi connectivity index (χ2n) is 8.12. The first kappa shape index (κ1) is 17.8. The third-order valence-electron chi connectivity index (χ3n) is 6.25. The largest absolute Gasteiger partial charge is 0.494 e. The van der Waals surface area contributed by atoms with Gasteiger partial charge in [-0.05, 0) is 75.4 Å². The van der Waals surface area contributed by atoms with E-state index in [1.807, 2.05) is 11.0 Å². The number of amides is 1. The summed E-state index contributed by atoms with van der Waals surface area (Å²) in [6.45, 7) is 5.27. The van der Waals surface area contributed by atoms with Crippen LogP contribution in [0.1, 0.15) is 56.9 Å². The number of anilines is 1. The van der Waals surface area contributed by atoms with Crippen LogP contribution < -0.4 is 9.64 Å². The van der Waals surface area contributed by atoms with Crippen molar-refractivity contribution >= 4 is 11.6 Å². The van der Waals surface area contributed by atoms with E-state index in [9.17, 15) is 4.79 Å². The summed E-state index contributed by atoms with van der Waals surface area (Å²) in [7, 11) is 0. The molecule has 0 N–H and O–H groups in total. The summed E-state index contributed by atoms with van der Waals surface area (Å²) < 4.78 is 5.99. The van der Waals surface area contributed by atoms with Crippen LogP contribution in [0.2, 0.25) is 0 Å². The molecular weight excluding hydrogens is 324 g/mol. The second kappa shape index (κ2) is 8.43. The Morgan fingerprint density at radius 2 is 1.85 bits per heavy atom. The maximum Gasteiger partial charge on any atom is 0.230 e. The molecule has 0 aromatic heterocycles. The predicted molar refractivity (Wildman–Crippen MR) is 105 cm³/mol. The number of piperidine rings is 1. The van der Waals surface area contributed by atoms with Crippen LogP contribution in [-0.2, 0) is 11.2 Å². The average molecular weight is 357 g/mol. The number of hydrogen-bond acceptors (Lipinski definition) is 3. The van der Waals surface area contributed by atoms with Gasteiger partial charge in [-0.3, -0.25) is 4.79 Å². The van der Waals surface area contributed by atoms with Crippen molar-refractivity contribution in [3.63, 3.8) is 0 Å². The molecule has 1 saturated carbocycles. The molecule has 142 valence electrons. The van der Waals surface area contributed by atoms with Crippen LogP contribution in [0.4, 0.5) is 5.69 Å². The number of carbonyl (C=O) groups excluding carboxylic acids is 1. The van der Waals surface area contributed by atoms with E-state index in [-0.39, 0.29) is 5.92 Å². The van der Waals surface area contributed by atoms with Crippen molar-refractivity contribution in [1.29, 1.82) is 0 Å². The first-order valence-corrected chi connectivity index (χ1v) is 10.6. The van der Waals surface area contributed by atoms with Gasteiger partial charge in [0.1, 0.15) is 5.75 Å². The Morgan fingerprint density at radius 1 is 1.04 bits per heavy atom. The van der Waals surface area contributed by atoms with Gasteiger partial charge in [0.25, 0.3) is 0 Å². The third-order valence-corrected chi connectivity index (χ3v) is 6.25. The molecule has 26 heavy (non-hydrogen) atoms. The first-order valence-electron chi connectivity index (χ1n) is 10.6. The molecule has 2 aliphatic heterocycles. The summed E-state index contributed by atoms with van der Waals surface area (Å²) in [6.07, 6.45) is 10.7. The molecule has 4 nitrogen and oxygen atoms in total. The highest BCUT2D eigenvalue weighted by molar-refractivity contribution is 5.97. The van der Waals surface area contributed by atoms with Crippen molar-refractivity contribution in [2.24, 2.45) is 5.92 Å². The van der Waals surface area contributed by atoms with Crippen molar-refractivity contribution < 1.29 is 9.53 Å². The van der Waals surface area contributed by atoms with Crippen LogP contribution in [0.25, 0.3) is 0 Å². The van der Waals surface area contributed by atoms with Crippen molar-refractivity contribution in [1.82, 2.24) is 4.90 Å². The van der Waals surface area contributed by atoms with Crippen LogP contribution in [0.15, 0.2) is 18.2 Å². The van der Waals surface area contributed by atoms with E-state index in [1.54, 1.807) is 0 Å². The summed E-state index contributed by atoms with van der Waals surface area (Å²) >= 11 is 0. The van der Waals surface area contributed by atoms with E-state index in [2.05, 4.69) is 17.0 Å². The van der Waals surface area contributed by atoms with Gasteiger partial charge < -0.3 is 14.5 Å². The maximum atomic E-state index is 12.7. The fourth-order valence-electron chi connectivity index (χ4n) is 4.75. The zero-order valence-electron chi connectivity index (χ0n) is 15.9. The third kappa shape index (κ3) is 4.06. The van der Waals surface area contributed by atoms with Gasteiger partial charge >= 0.3 is 0 Å². The molecule has 0 spiro atoms. The highest BCUT2D eigenvalue weighted by Crippen LogP contribution is 2.35. The van der Waals surface area contributed by atoms with E-state index >= 15 is 0 Å². The van der Waals surface area contributed by atoms with E-state index in [0.717, 1.165) is 56.8 Å². The Labute approximate surface area is 157 Å². The molecule has 1 aliphatic carbocycles. The molecular formula is C22H32N2O2. The quantitative estimate of drug-likeness (QED) is 0.722. The summed E-state index contributed by atoms with van der Waals surface area (Å²) in [5.74, 6) is 1.56. The Balaban J connectivity index is 1.28. The van der Waals surface area contributed by atoms with Crippen molar-refractivity contribution in [3.8, 4) is 5.75 Å². The Morgan fingerprint density at radius 3 is 2.65 bits per heavy atom. The fourth-order valence-corrected chi connectivity index (χ4v) is 4.75. The zero-order valence-corrected chi connectivity index (χ0v) is 15.9. The van der Waals surface area contributed by atoms with Gasteiger partial charge in [0.2, 0.25) is 5.91 Å². The molecule has 1 saturated heterocycles. The summed E-state index contributed by atoms with van der Waals surface area (Å²) in [5, 5.41) is 0.